The van der Waals surface area contributed by atoms with Gasteiger partial charge >= 0.3 is 5.63 Å². The Morgan fingerprint density at radius 1 is 0.967 bits per heavy atom. The van der Waals surface area contributed by atoms with Crippen molar-refractivity contribution in [3.05, 3.63) is 75.0 Å². The van der Waals surface area contributed by atoms with Crippen molar-refractivity contribution in [2.24, 2.45) is 0 Å². The Hall–Kier alpha value is -3.52. The summed E-state index contributed by atoms with van der Waals surface area (Å²) in [5.41, 5.74) is 1.09. The molecule has 2 amide bonds. The van der Waals surface area contributed by atoms with E-state index in [1.54, 1.807) is 55.7 Å². The monoisotopic (exact) mass is 423 g/mol. The van der Waals surface area contributed by atoms with E-state index in [1.165, 1.54) is 13.2 Å². The molecule has 1 aliphatic rings. The summed E-state index contributed by atoms with van der Waals surface area (Å²) in [5, 5.41) is 0.205. The van der Waals surface area contributed by atoms with Crippen molar-refractivity contribution in [1.82, 2.24) is 4.90 Å². The lowest BCUT2D eigenvalue weighted by atomic mass is 10.1. The summed E-state index contributed by atoms with van der Waals surface area (Å²) in [6.07, 6.45) is 1.66. The summed E-state index contributed by atoms with van der Waals surface area (Å²) in [7, 11) is 3.10. The second kappa shape index (κ2) is 8.08. The summed E-state index contributed by atoms with van der Waals surface area (Å²) in [4.78, 5) is 38.7. The Labute approximate surface area is 175 Å². The van der Waals surface area contributed by atoms with Crippen molar-refractivity contribution in [2.45, 2.75) is 6.54 Å². The van der Waals surface area contributed by atoms with Gasteiger partial charge in [-0.1, -0.05) is 12.1 Å². The van der Waals surface area contributed by atoms with Gasteiger partial charge in [0.05, 0.1) is 25.7 Å². The molecule has 0 unspecified atom stereocenters. The number of hydrogen-bond donors (Lipinski definition) is 0. The van der Waals surface area contributed by atoms with Gasteiger partial charge in [-0.3, -0.25) is 14.5 Å². The lowest BCUT2D eigenvalue weighted by Gasteiger charge is -2.14. The zero-order chi connectivity index (χ0) is 21.3. The molecule has 152 valence electrons. The highest BCUT2D eigenvalue weighted by molar-refractivity contribution is 8.18. The van der Waals surface area contributed by atoms with Crippen LogP contribution in [0.1, 0.15) is 11.1 Å². The van der Waals surface area contributed by atoms with E-state index in [0.29, 0.717) is 32.9 Å². The summed E-state index contributed by atoms with van der Waals surface area (Å²) >= 11 is 0.864. The fourth-order valence-electron chi connectivity index (χ4n) is 3.12. The number of fused-ring (bicyclic) bond motifs is 1. The number of carbonyl (C=O) groups excluding carboxylic acids is 2. The Balaban J connectivity index is 1.65. The first kappa shape index (κ1) is 19.8. The molecule has 0 bridgehead atoms. The minimum absolute atomic E-state index is 0.0418. The van der Waals surface area contributed by atoms with Crippen LogP contribution in [0.2, 0.25) is 0 Å². The Morgan fingerprint density at radius 2 is 1.67 bits per heavy atom. The van der Waals surface area contributed by atoms with Gasteiger partial charge in [0.2, 0.25) is 0 Å². The first-order valence-corrected chi connectivity index (χ1v) is 9.80. The molecule has 1 saturated heterocycles. The highest BCUT2D eigenvalue weighted by atomic mass is 32.2. The van der Waals surface area contributed by atoms with Crippen LogP contribution in [-0.2, 0) is 11.3 Å². The van der Waals surface area contributed by atoms with Crippen LogP contribution >= 0.6 is 11.8 Å². The van der Waals surface area contributed by atoms with Crippen molar-refractivity contribution in [3.63, 3.8) is 0 Å². The van der Waals surface area contributed by atoms with Gasteiger partial charge in [0.15, 0.2) is 0 Å². The molecule has 4 rings (SSSR count). The molecule has 1 fully saturated rings. The van der Waals surface area contributed by atoms with Crippen LogP contribution in [0.15, 0.2) is 62.6 Å². The van der Waals surface area contributed by atoms with Gasteiger partial charge in [-0.25, -0.2) is 4.79 Å². The van der Waals surface area contributed by atoms with E-state index in [2.05, 4.69) is 0 Å². The Kier molecular flexibility index (Phi) is 5.33. The second-order valence-corrected chi connectivity index (χ2v) is 7.49. The summed E-state index contributed by atoms with van der Waals surface area (Å²) < 4.78 is 15.6. The normalized spacial score (nSPS) is 15.3. The number of hydrogen-bond acceptors (Lipinski definition) is 7. The van der Waals surface area contributed by atoms with Crippen LogP contribution in [0.3, 0.4) is 0 Å². The van der Waals surface area contributed by atoms with Crippen LogP contribution < -0.4 is 15.1 Å². The molecule has 1 aliphatic heterocycles. The predicted molar refractivity (Wildman–Crippen MR) is 114 cm³/mol. The average Bonchev–Trinajstić information content (AvgIpc) is 3.01. The number of ether oxygens (including phenoxy) is 2. The standard InChI is InChI=1S/C22H17NO6S/c1-27-15-5-3-13(4-6-15)9-19-21(25)23(22(26)30-19)12-14-10-20(24)29-18-8-7-16(28-2)11-17(14)18/h3-11H,12H2,1-2H3/b19-9-. The van der Waals surface area contributed by atoms with E-state index in [1.807, 2.05) is 0 Å². The number of amides is 2. The molecule has 0 radical (unpaired) electrons. The van der Waals surface area contributed by atoms with E-state index in [-0.39, 0.29) is 6.54 Å². The number of rotatable bonds is 5. The molecular formula is C22H17NO6S. The first-order valence-electron chi connectivity index (χ1n) is 8.98. The minimum Gasteiger partial charge on any atom is -0.497 e. The van der Waals surface area contributed by atoms with Gasteiger partial charge in [0.25, 0.3) is 11.1 Å². The summed E-state index contributed by atoms with van der Waals surface area (Å²) in [6.45, 7) is -0.0418. The van der Waals surface area contributed by atoms with E-state index in [9.17, 15) is 14.4 Å². The molecule has 1 aromatic heterocycles. The number of thioether (sulfide) groups is 1. The maximum atomic E-state index is 12.9. The van der Waals surface area contributed by atoms with E-state index >= 15 is 0 Å². The van der Waals surface area contributed by atoms with Gasteiger partial charge in [-0.2, -0.15) is 0 Å². The number of methoxy groups -OCH3 is 2. The average molecular weight is 423 g/mol. The lowest BCUT2D eigenvalue weighted by Crippen LogP contribution is -2.28. The number of nitrogens with zero attached hydrogens (tertiary/aromatic N) is 1. The molecule has 0 spiro atoms. The molecule has 7 nitrogen and oxygen atoms in total. The number of imide groups is 1. The molecule has 2 heterocycles. The molecular weight excluding hydrogens is 406 g/mol. The Morgan fingerprint density at radius 3 is 2.37 bits per heavy atom. The van der Waals surface area contributed by atoms with Crippen molar-refractivity contribution in [1.29, 1.82) is 0 Å². The smallest absolute Gasteiger partial charge is 0.336 e. The number of benzene rings is 2. The molecule has 0 saturated carbocycles. The Bertz CT molecular complexity index is 1230. The van der Waals surface area contributed by atoms with Gasteiger partial charge < -0.3 is 13.9 Å². The maximum Gasteiger partial charge on any atom is 0.336 e. The van der Waals surface area contributed by atoms with Crippen molar-refractivity contribution >= 4 is 40.0 Å². The summed E-state index contributed by atoms with van der Waals surface area (Å²) in [6, 6.07) is 13.4. The fourth-order valence-corrected chi connectivity index (χ4v) is 3.96. The van der Waals surface area contributed by atoms with Gasteiger partial charge in [0.1, 0.15) is 17.1 Å². The first-order chi connectivity index (χ1) is 14.5. The van der Waals surface area contributed by atoms with Crippen LogP contribution in [0, 0.1) is 0 Å². The quantitative estimate of drug-likeness (QED) is 0.452. The van der Waals surface area contributed by atoms with Crippen LogP contribution in [0.5, 0.6) is 11.5 Å². The van der Waals surface area contributed by atoms with Gasteiger partial charge in [-0.15, -0.1) is 0 Å². The third kappa shape index (κ3) is 3.81. The van der Waals surface area contributed by atoms with E-state index in [4.69, 9.17) is 13.9 Å². The predicted octanol–water partition coefficient (Wildman–Crippen LogP) is 4.05. The topological polar surface area (TPSA) is 86.1 Å². The molecule has 3 aromatic rings. The molecule has 0 aliphatic carbocycles. The lowest BCUT2D eigenvalue weighted by molar-refractivity contribution is -0.123. The van der Waals surface area contributed by atoms with Crippen LogP contribution in [0.25, 0.3) is 17.0 Å². The molecule has 8 heteroatoms. The van der Waals surface area contributed by atoms with Crippen molar-refractivity contribution in [3.8, 4) is 11.5 Å². The number of carbonyl (C=O) groups is 2. The van der Waals surface area contributed by atoms with Crippen LogP contribution in [0.4, 0.5) is 4.79 Å². The largest absolute Gasteiger partial charge is 0.497 e. The highest BCUT2D eigenvalue weighted by Gasteiger charge is 2.35. The second-order valence-electron chi connectivity index (χ2n) is 6.49. The zero-order valence-corrected chi connectivity index (χ0v) is 17.0. The fraction of sp³-hybridized carbons (Fsp3) is 0.136. The van der Waals surface area contributed by atoms with Gasteiger partial charge in [-0.05, 0) is 59.3 Å². The van der Waals surface area contributed by atoms with Crippen molar-refractivity contribution in [2.75, 3.05) is 14.2 Å². The molecule has 2 aromatic carbocycles. The zero-order valence-electron chi connectivity index (χ0n) is 16.2. The summed E-state index contributed by atoms with van der Waals surface area (Å²) in [5.74, 6) is 0.863. The molecule has 0 N–H and O–H groups in total. The van der Waals surface area contributed by atoms with E-state index < -0.39 is 16.8 Å². The third-order valence-corrected chi connectivity index (χ3v) is 5.56. The van der Waals surface area contributed by atoms with Crippen molar-refractivity contribution < 1.29 is 23.5 Å². The minimum atomic E-state index is -0.552. The van der Waals surface area contributed by atoms with Gasteiger partial charge in [0, 0.05) is 11.5 Å². The SMILES string of the molecule is COc1ccc(/C=C2\SC(=O)N(Cc3cc(=O)oc4ccc(OC)cc34)C2=O)cc1. The third-order valence-electron chi connectivity index (χ3n) is 4.65. The molecule has 30 heavy (non-hydrogen) atoms. The van der Waals surface area contributed by atoms with Crippen LogP contribution in [-0.4, -0.2) is 30.3 Å². The van der Waals surface area contributed by atoms with E-state index in [0.717, 1.165) is 22.2 Å². The highest BCUT2D eigenvalue weighted by Crippen LogP contribution is 2.34. The maximum absolute atomic E-state index is 12.9. The molecule has 0 atom stereocenters.